The highest BCUT2D eigenvalue weighted by atomic mass is 79.9. The summed E-state index contributed by atoms with van der Waals surface area (Å²) in [5.41, 5.74) is 1.37. The van der Waals surface area contributed by atoms with Crippen LogP contribution in [0.3, 0.4) is 0 Å². The average molecular weight is 326 g/mol. The Bertz CT molecular complexity index is 580. The molecule has 1 N–H and O–H groups in total. The number of hydrogen-bond acceptors (Lipinski definition) is 4. The standard InChI is InChI=1S/C13H13BrFN3O/c1-16-11(8-3-4-9(14)10(15)7-8)12-13(19-2)18-6-5-17-12/h3-7,11,16H,1-2H3. The Kier molecular flexibility index (Phi) is 4.44. The lowest BCUT2D eigenvalue weighted by atomic mass is 10.0. The van der Waals surface area contributed by atoms with Gasteiger partial charge in [0.25, 0.3) is 0 Å². The van der Waals surface area contributed by atoms with Gasteiger partial charge in [-0.3, -0.25) is 4.98 Å². The van der Waals surface area contributed by atoms with Gasteiger partial charge in [0.2, 0.25) is 5.88 Å². The maximum absolute atomic E-state index is 13.6. The lowest BCUT2D eigenvalue weighted by Crippen LogP contribution is -2.20. The second kappa shape index (κ2) is 6.08. The normalized spacial score (nSPS) is 12.2. The third-order valence-electron chi connectivity index (χ3n) is 2.72. The smallest absolute Gasteiger partial charge is 0.237 e. The van der Waals surface area contributed by atoms with E-state index in [9.17, 15) is 4.39 Å². The number of aromatic nitrogens is 2. The fourth-order valence-corrected chi connectivity index (χ4v) is 2.09. The molecule has 100 valence electrons. The zero-order valence-corrected chi connectivity index (χ0v) is 12.1. The van der Waals surface area contributed by atoms with Crippen LogP contribution >= 0.6 is 15.9 Å². The number of hydrogen-bond donors (Lipinski definition) is 1. The number of rotatable bonds is 4. The first-order valence-electron chi connectivity index (χ1n) is 5.64. The molecule has 0 spiro atoms. The van der Waals surface area contributed by atoms with E-state index >= 15 is 0 Å². The third kappa shape index (κ3) is 2.90. The molecule has 1 aromatic heterocycles. The summed E-state index contributed by atoms with van der Waals surface area (Å²) in [6, 6.07) is 4.66. The molecule has 1 atom stereocenters. The molecule has 0 aliphatic rings. The Hall–Kier alpha value is -1.53. The Morgan fingerprint density at radius 2 is 2.05 bits per heavy atom. The number of ether oxygens (including phenoxy) is 1. The molecule has 0 saturated carbocycles. The molecule has 0 aliphatic heterocycles. The van der Waals surface area contributed by atoms with Gasteiger partial charge >= 0.3 is 0 Å². The summed E-state index contributed by atoms with van der Waals surface area (Å²) in [4.78, 5) is 8.37. The lowest BCUT2D eigenvalue weighted by Gasteiger charge is -2.18. The van der Waals surface area contributed by atoms with Gasteiger partial charge < -0.3 is 10.1 Å². The van der Waals surface area contributed by atoms with Crippen molar-refractivity contribution in [3.63, 3.8) is 0 Å². The number of benzene rings is 1. The quantitative estimate of drug-likeness (QED) is 0.938. The number of halogens is 2. The summed E-state index contributed by atoms with van der Waals surface area (Å²) in [7, 11) is 3.31. The first-order valence-corrected chi connectivity index (χ1v) is 6.43. The zero-order valence-electron chi connectivity index (χ0n) is 10.5. The Balaban J connectivity index is 2.46. The van der Waals surface area contributed by atoms with Crippen LogP contribution in [0, 0.1) is 5.82 Å². The molecule has 1 heterocycles. The Labute approximate surface area is 119 Å². The predicted molar refractivity (Wildman–Crippen MR) is 73.6 cm³/mol. The lowest BCUT2D eigenvalue weighted by molar-refractivity contribution is 0.384. The van der Waals surface area contributed by atoms with Crippen LogP contribution in [0.4, 0.5) is 4.39 Å². The highest BCUT2D eigenvalue weighted by Gasteiger charge is 2.19. The van der Waals surface area contributed by atoms with Gasteiger partial charge in [0.15, 0.2) is 0 Å². The second-order valence-electron chi connectivity index (χ2n) is 3.85. The number of nitrogens with zero attached hydrogens (tertiary/aromatic N) is 2. The van der Waals surface area contributed by atoms with E-state index in [0.29, 0.717) is 16.0 Å². The van der Waals surface area contributed by atoms with Gasteiger partial charge in [-0.1, -0.05) is 6.07 Å². The summed E-state index contributed by atoms with van der Waals surface area (Å²) in [6.07, 6.45) is 3.13. The highest BCUT2D eigenvalue weighted by Crippen LogP contribution is 2.28. The first kappa shape index (κ1) is 13.9. The highest BCUT2D eigenvalue weighted by molar-refractivity contribution is 9.10. The van der Waals surface area contributed by atoms with Crippen molar-refractivity contribution in [3.05, 3.63) is 52.1 Å². The average Bonchev–Trinajstić information content (AvgIpc) is 2.44. The van der Waals surface area contributed by atoms with Gasteiger partial charge in [-0.2, -0.15) is 0 Å². The van der Waals surface area contributed by atoms with Crippen LogP contribution < -0.4 is 10.1 Å². The van der Waals surface area contributed by atoms with E-state index in [1.807, 2.05) is 6.07 Å². The molecule has 2 aromatic rings. The van der Waals surface area contributed by atoms with Crippen LogP contribution in [0.15, 0.2) is 35.1 Å². The monoisotopic (exact) mass is 325 g/mol. The van der Waals surface area contributed by atoms with Gasteiger partial charge in [-0.15, -0.1) is 0 Å². The van der Waals surface area contributed by atoms with Gasteiger partial charge in [0.05, 0.1) is 17.6 Å². The van der Waals surface area contributed by atoms with E-state index in [2.05, 4.69) is 31.2 Å². The van der Waals surface area contributed by atoms with Crippen molar-refractivity contribution in [2.24, 2.45) is 0 Å². The summed E-state index contributed by atoms with van der Waals surface area (Å²) in [6.45, 7) is 0. The third-order valence-corrected chi connectivity index (χ3v) is 3.37. The maximum Gasteiger partial charge on any atom is 0.237 e. The maximum atomic E-state index is 13.6. The second-order valence-corrected chi connectivity index (χ2v) is 4.70. The Morgan fingerprint density at radius 3 is 2.68 bits per heavy atom. The van der Waals surface area contributed by atoms with E-state index in [1.165, 1.54) is 13.2 Å². The summed E-state index contributed by atoms with van der Waals surface area (Å²) in [5, 5.41) is 3.09. The van der Waals surface area contributed by atoms with Gasteiger partial charge in [0, 0.05) is 12.4 Å². The number of methoxy groups -OCH3 is 1. The molecule has 19 heavy (non-hydrogen) atoms. The zero-order chi connectivity index (χ0) is 13.8. The molecule has 0 amide bonds. The van der Waals surface area contributed by atoms with Crippen molar-refractivity contribution in [1.29, 1.82) is 0 Å². The fraction of sp³-hybridized carbons (Fsp3) is 0.231. The molecule has 2 rings (SSSR count). The Morgan fingerprint density at radius 1 is 1.32 bits per heavy atom. The van der Waals surface area contributed by atoms with Crippen LogP contribution in [0.5, 0.6) is 5.88 Å². The van der Waals surface area contributed by atoms with Crippen LogP contribution in [0.1, 0.15) is 17.3 Å². The van der Waals surface area contributed by atoms with Crippen LogP contribution in [-0.4, -0.2) is 24.1 Å². The molecule has 6 heteroatoms. The van der Waals surface area contributed by atoms with E-state index in [4.69, 9.17) is 4.74 Å². The summed E-state index contributed by atoms with van der Waals surface area (Å²) >= 11 is 3.14. The minimum Gasteiger partial charge on any atom is -0.480 e. The molecule has 4 nitrogen and oxygen atoms in total. The van der Waals surface area contributed by atoms with Gasteiger partial charge in [0.1, 0.15) is 11.5 Å². The van der Waals surface area contributed by atoms with Crippen molar-refractivity contribution in [2.75, 3.05) is 14.2 Å². The summed E-state index contributed by atoms with van der Waals surface area (Å²) in [5.74, 6) is 0.103. The van der Waals surface area contributed by atoms with E-state index in [1.54, 1.807) is 25.5 Å². The van der Waals surface area contributed by atoms with Crippen molar-refractivity contribution in [3.8, 4) is 5.88 Å². The molecule has 1 unspecified atom stereocenters. The predicted octanol–water partition coefficient (Wildman–Crippen LogP) is 2.70. The molecular formula is C13H13BrFN3O. The molecule has 0 bridgehead atoms. The topological polar surface area (TPSA) is 47.0 Å². The van der Waals surface area contributed by atoms with Crippen LogP contribution in [-0.2, 0) is 0 Å². The number of nitrogens with one attached hydrogen (secondary N) is 1. The fourth-order valence-electron chi connectivity index (χ4n) is 1.84. The van der Waals surface area contributed by atoms with Crippen molar-refractivity contribution < 1.29 is 9.13 Å². The van der Waals surface area contributed by atoms with Crippen molar-refractivity contribution >= 4 is 15.9 Å². The minimum absolute atomic E-state index is 0.286. The molecular weight excluding hydrogens is 313 g/mol. The molecule has 0 saturated heterocycles. The SMILES string of the molecule is CNC(c1ccc(Br)c(F)c1)c1nccnc1OC. The van der Waals surface area contributed by atoms with E-state index in [0.717, 1.165) is 5.56 Å². The van der Waals surface area contributed by atoms with E-state index < -0.39 is 0 Å². The van der Waals surface area contributed by atoms with Crippen molar-refractivity contribution in [1.82, 2.24) is 15.3 Å². The summed E-state index contributed by atoms with van der Waals surface area (Å²) < 4.78 is 19.2. The van der Waals surface area contributed by atoms with Crippen molar-refractivity contribution in [2.45, 2.75) is 6.04 Å². The van der Waals surface area contributed by atoms with E-state index in [-0.39, 0.29) is 11.9 Å². The van der Waals surface area contributed by atoms with Crippen LogP contribution in [0.2, 0.25) is 0 Å². The minimum atomic E-state index is -0.319. The van der Waals surface area contributed by atoms with Gasteiger partial charge in [-0.05, 0) is 40.7 Å². The first-order chi connectivity index (χ1) is 9.17. The molecule has 0 fully saturated rings. The molecule has 0 radical (unpaired) electrons. The van der Waals surface area contributed by atoms with Gasteiger partial charge in [-0.25, -0.2) is 9.37 Å². The largest absolute Gasteiger partial charge is 0.480 e. The molecule has 0 aliphatic carbocycles. The van der Waals surface area contributed by atoms with Crippen LogP contribution in [0.25, 0.3) is 0 Å². The molecule has 1 aromatic carbocycles.